The maximum atomic E-state index is 12.9. The second kappa shape index (κ2) is 5.22. The van der Waals surface area contributed by atoms with Gasteiger partial charge in [-0.2, -0.15) is 0 Å². The van der Waals surface area contributed by atoms with Crippen molar-refractivity contribution in [3.8, 4) is 0 Å². The Balaban J connectivity index is 2.17. The SMILES string of the molecule is O=[N+]([O-])c1cc(F)ccc1NCc1ccncc1. The van der Waals surface area contributed by atoms with Crippen molar-refractivity contribution in [3.05, 3.63) is 64.2 Å². The van der Waals surface area contributed by atoms with Crippen molar-refractivity contribution in [1.29, 1.82) is 0 Å². The van der Waals surface area contributed by atoms with Gasteiger partial charge in [0.1, 0.15) is 11.5 Å². The lowest BCUT2D eigenvalue weighted by atomic mass is 10.2. The van der Waals surface area contributed by atoms with Crippen LogP contribution in [-0.4, -0.2) is 9.91 Å². The average Bonchev–Trinajstić information content (AvgIpc) is 2.38. The lowest BCUT2D eigenvalue weighted by Gasteiger charge is -2.06. The summed E-state index contributed by atoms with van der Waals surface area (Å²) in [5, 5.41) is 13.7. The van der Waals surface area contributed by atoms with Crippen LogP contribution in [0.15, 0.2) is 42.7 Å². The molecule has 0 aliphatic rings. The van der Waals surface area contributed by atoms with Crippen LogP contribution >= 0.6 is 0 Å². The van der Waals surface area contributed by atoms with Gasteiger partial charge < -0.3 is 5.32 Å². The Kier molecular flexibility index (Phi) is 3.47. The van der Waals surface area contributed by atoms with Crippen molar-refractivity contribution in [2.75, 3.05) is 5.32 Å². The molecule has 1 aromatic heterocycles. The number of nitrogens with zero attached hydrogens (tertiary/aromatic N) is 2. The molecule has 0 spiro atoms. The largest absolute Gasteiger partial charge is 0.375 e. The smallest absolute Gasteiger partial charge is 0.295 e. The van der Waals surface area contributed by atoms with Gasteiger partial charge in [-0.05, 0) is 29.8 Å². The predicted molar refractivity (Wildman–Crippen MR) is 64.6 cm³/mol. The number of benzene rings is 1. The number of aromatic nitrogens is 1. The first-order valence-corrected chi connectivity index (χ1v) is 5.23. The van der Waals surface area contributed by atoms with Gasteiger partial charge in [-0.15, -0.1) is 0 Å². The molecule has 0 fully saturated rings. The van der Waals surface area contributed by atoms with E-state index in [-0.39, 0.29) is 5.69 Å². The second-order valence-corrected chi connectivity index (χ2v) is 3.63. The number of nitrogens with one attached hydrogen (secondary N) is 1. The minimum atomic E-state index is -0.629. The highest BCUT2D eigenvalue weighted by molar-refractivity contribution is 5.61. The summed E-state index contributed by atoms with van der Waals surface area (Å²) in [6.07, 6.45) is 3.27. The van der Waals surface area contributed by atoms with Crippen LogP contribution in [-0.2, 0) is 6.54 Å². The molecule has 2 rings (SSSR count). The van der Waals surface area contributed by atoms with E-state index in [2.05, 4.69) is 10.3 Å². The van der Waals surface area contributed by atoms with Crippen LogP contribution in [0.5, 0.6) is 0 Å². The van der Waals surface area contributed by atoms with Gasteiger partial charge in [-0.1, -0.05) is 0 Å². The molecule has 0 atom stereocenters. The molecule has 1 N–H and O–H groups in total. The zero-order valence-electron chi connectivity index (χ0n) is 9.34. The van der Waals surface area contributed by atoms with E-state index >= 15 is 0 Å². The van der Waals surface area contributed by atoms with Crippen molar-refractivity contribution in [2.45, 2.75) is 6.54 Å². The van der Waals surface area contributed by atoms with Crippen molar-refractivity contribution >= 4 is 11.4 Å². The van der Waals surface area contributed by atoms with Crippen LogP contribution in [0.1, 0.15) is 5.56 Å². The molecule has 0 aliphatic heterocycles. The van der Waals surface area contributed by atoms with E-state index in [1.807, 2.05) is 0 Å². The van der Waals surface area contributed by atoms with Gasteiger partial charge in [0.25, 0.3) is 5.69 Å². The Morgan fingerprint density at radius 3 is 2.67 bits per heavy atom. The first kappa shape index (κ1) is 12.0. The van der Waals surface area contributed by atoms with E-state index in [1.165, 1.54) is 12.1 Å². The molecule has 18 heavy (non-hydrogen) atoms. The fourth-order valence-corrected chi connectivity index (χ4v) is 1.50. The van der Waals surface area contributed by atoms with Crippen molar-refractivity contribution in [2.24, 2.45) is 0 Å². The number of hydrogen-bond donors (Lipinski definition) is 1. The molecule has 92 valence electrons. The fourth-order valence-electron chi connectivity index (χ4n) is 1.50. The van der Waals surface area contributed by atoms with Crippen LogP contribution in [0.25, 0.3) is 0 Å². The van der Waals surface area contributed by atoms with E-state index in [4.69, 9.17) is 0 Å². The first-order chi connectivity index (χ1) is 8.66. The highest BCUT2D eigenvalue weighted by atomic mass is 19.1. The van der Waals surface area contributed by atoms with Crippen molar-refractivity contribution < 1.29 is 9.31 Å². The quantitative estimate of drug-likeness (QED) is 0.666. The molecule has 2 aromatic rings. The third-order valence-corrected chi connectivity index (χ3v) is 2.39. The summed E-state index contributed by atoms with van der Waals surface area (Å²) in [5.41, 5.74) is 0.950. The number of nitro groups is 1. The van der Waals surface area contributed by atoms with Gasteiger partial charge >= 0.3 is 0 Å². The van der Waals surface area contributed by atoms with Gasteiger partial charge in [0.15, 0.2) is 0 Å². The molecule has 0 aliphatic carbocycles. The topological polar surface area (TPSA) is 68.1 Å². The predicted octanol–water partition coefficient (Wildman–Crippen LogP) is 2.74. The molecule has 0 unspecified atom stereocenters. The summed E-state index contributed by atoms with van der Waals surface area (Å²) in [5.74, 6) is -0.629. The second-order valence-electron chi connectivity index (χ2n) is 3.63. The Hall–Kier alpha value is -2.50. The van der Waals surface area contributed by atoms with Crippen molar-refractivity contribution in [1.82, 2.24) is 4.98 Å². The van der Waals surface area contributed by atoms with Crippen LogP contribution in [0.2, 0.25) is 0 Å². The molecule has 0 saturated carbocycles. The third kappa shape index (κ3) is 2.79. The number of nitro benzene ring substituents is 1. The van der Waals surface area contributed by atoms with Gasteiger partial charge in [-0.3, -0.25) is 15.1 Å². The molecule has 0 bridgehead atoms. The van der Waals surface area contributed by atoms with Gasteiger partial charge in [0.2, 0.25) is 0 Å². The fraction of sp³-hybridized carbons (Fsp3) is 0.0833. The third-order valence-electron chi connectivity index (χ3n) is 2.39. The molecular formula is C12H10FN3O2. The Morgan fingerprint density at radius 1 is 1.28 bits per heavy atom. The maximum Gasteiger partial charge on any atom is 0.295 e. The lowest BCUT2D eigenvalue weighted by Crippen LogP contribution is -2.03. The van der Waals surface area contributed by atoms with Crippen LogP contribution in [0, 0.1) is 15.9 Å². The van der Waals surface area contributed by atoms with Crippen LogP contribution in [0.4, 0.5) is 15.8 Å². The molecule has 0 amide bonds. The van der Waals surface area contributed by atoms with Crippen molar-refractivity contribution in [3.63, 3.8) is 0 Å². The highest BCUT2D eigenvalue weighted by Gasteiger charge is 2.14. The molecule has 0 saturated heterocycles. The normalized spacial score (nSPS) is 10.1. The summed E-state index contributed by atoms with van der Waals surface area (Å²) in [6.45, 7) is 0.412. The maximum absolute atomic E-state index is 12.9. The van der Waals surface area contributed by atoms with Crippen LogP contribution < -0.4 is 5.32 Å². The minimum Gasteiger partial charge on any atom is -0.375 e. The summed E-state index contributed by atoms with van der Waals surface area (Å²) in [7, 11) is 0. The molecule has 1 aromatic carbocycles. The Labute approximate surface area is 102 Å². The number of rotatable bonds is 4. The molecular weight excluding hydrogens is 237 g/mol. The zero-order valence-corrected chi connectivity index (χ0v) is 9.34. The molecule has 5 nitrogen and oxygen atoms in total. The number of halogens is 1. The summed E-state index contributed by atoms with van der Waals surface area (Å²) < 4.78 is 12.9. The van der Waals surface area contributed by atoms with E-state index in [0.717, 1.165) is 11.6 Å². The number of pyridine rings is 1. The highest BCUT2D eigenvalue weighted by Crippen LogP contribution is 2.25. The summed E-state index contributed by atoms with van der Waals surface area (Å²) >= 11 is 0. The van der Waals surface area contributed by atoms with E-state index in [9.17, 15) is 14.5 Å². The standard InChI is InChI=1S/C12H10FN3O2/c13-10-1-2-11(12(7-10)16(17)18)15-8-9-3-5-14-6-4-9/h1-7,15H,8H2. The lowest BCUT2D eigenvalue weighted by molar-refractivity contribution is -0.384. The van der Waals surface area contributed by atoms with Gasteiger partial charge in [-0.25, -0.2) is 4.39 Å². The van der Waals surface area contributed by atoms with Gasteiger partial charge in [0.05, 0.1) is 11.0 Å². The Bertz CT molecular complexity index is 561. The molecule has 1 heterocycles. The monoisotopic (exact) mass is 247 g/mol. The average molecular weight is 247 g/mol. The minimum absolute atomic E-state index is 0.274. The van der Waals surface area contributed by atoms with Gasteiger partial charge in [0, 0.05) is 18.9 Å². The molecule has 0 radical (unpaired) electrons. The first-order valence-electron chi connectivity index (χ1n) is 5.23. The summed E-state index contributed by atoms with van der Waals surface area (Å²) in [6, 6.07) is 7.02. The Morgan fingerprint density at radius 2 is 2.00 bits per heavy atom. The van der Waals surface area contributed by atoms with Crippen LogP contribution in [0.3, 0.4) is 0 Å². The number of anilines is 1. The zero-order chi connectivity index (χ0) is 13.0. The van der Waals surface area contributed by atoms with E-state index in [0.29, 0.717) is 12.2 Å². The van der Waals surface area contributed by atoms with E-state index < -0.39 is 10.7 Å². The number of hydrogen-bond acceptors (Lipinski definition) is 4. The summed E-state index contributed by atoms with van der Waals surface area (Å²) in [4.78, 5) is 14.0. The molecule has 6 heteroatoms. The van der Waals surface area contributed by atoms with E-state index in [1.54, 1.807) is 24.5 Å².